The molecule has 0 aromatic rings. The molecule has 3 N–H and O–H groups in total. The first-order valence-electron chi connectivity index (χ1n) is 1.84. The van der Waals surface area contributed by atoms with Crippen LogP contribution in [-0.2, 0) is 20.9 Å². The van der Waals surface area contributed by atoms with Crippen LogP contribution in [0.1, 0.15) is 0 Å². The average Bonchev–Trinajstić information content (AvgIpc) is 1.87. The predicted octanol–water partition coefficient (Wildman–Crippen LogP) is 0.394. The van der Waals surface area contributed by atoms with Gasteiger partial charge in [-0.3, -0.25) is 9.66 Å². The van der Waals surface area contributed by atoms with Crippen LogP contribution in [0.15, 0.2) is 0 Å². The van der Waals surface area contributed by atoms with E-state index in [1.165, 1.54) is 25.8 Å². The molecule has 8 heavy (non-hydrogen) atoms. The fourth-order valence-corrected chi connectivity index (χ4v) is 1.17. The fraction of sp³-hybridized carbons (Fsp3) is 1.00. The van der Waals surface area contributed by atoms with Crippen molar-refractivity contribution < 1.29 is 14.2 Å². The predicted molar refractivity (Wildman–Crippen MR) is 38.8 cm³/mol. The third kappa shape index (κ3) is 2.44. The molecule has 0 bridgehead atoms. The van der Waals surface area contributed by atoms with Crippen molar-refractivity contribution in [1.29, 1.82) is 0 Å². The summed E-state index contributed by atoms with van der Waals surface area (Å²) in [5.74, 6) is 0. The van der Waals surface area contributed by atoms with Crippen molar-refractivity contribution in [2.24, 2.45) is 0 Å². The zero-order chi connectivity index (χ0) is 6.62. The fourth-order valence-electron chi connectivity index (χ4n) is 0.180. The van der Waals surface area contributed by atoms with Gasteiger partial charge in [0.15, 0.2) is 0 Å². The minimum Gasteiger partial charge on any atom is -0.283 e. The highest BCUT2D eigenvalue weighted by atomic mass is 32.9. The third-order valence-electron chi connectivity index (χ3n) is 0.605. The van der Waals surface area contributed by atoms with Crippen LogP contribution in [0.25, 0.3) is 0 Å². The van der Waals surface area contributed by atoms with E-state index in [0.29, 0.717) is 0 Å². The first-order chi connectivity index (χ1) is 3.68. The lowest BCUT2D eigenvalue weighted by atomic mass is 11.8. The van der Waals surface area contributed by atoms with Gasteiger partial charge in [-0.05, 0) is 0 Å². The quantitative estimate of drug-likeness (QED) is 0.382. The Bertz CT molecular complexity index is 89.2. The molecule has 0 aromatic heterocycles. The zero-order valence-electron chi connectivity index (χ0n) is 4.79. The van der Waals surface area contributed by atoms with Crippen LogP contribution in [-0.4, -0.2) is 14.2 Å². The second-order valence-corrected chi connectivity index (χ2v) is 7.18. The second kappa shape index (κ2) is 3.82. The van der Waals surface area contributed by atoms with Crippen LogP contribution in [0.3, 0.4) is 0 Å². The van der Waals surface area contributed by atoms with E-state index in [9.17, 15) is 0 Å². The lowest BCUT2D eigenvalue weighted by Gasteiger charge is -1.94. The summed E-state index contributed by atoms with van der Waals surface area (Å²) >= 11 is 6.08. The van der Waals surface area contributed by atoms with Crippen molar-refractivity contribution >= 4 is 29.1 Å². The van der Waals surface area contributed by atoms with Crippen molar-refractivity contribution in [2.75, 3.05) is 14.2 Å². The minimum atomic E-state index is -2.02. The molecule has 49 valence electrons. The molecule has 0 atom stereocenters. The van der Waals surface area contributed by atoms with E-state index in [4.69, 9.17) is 20.9 Å². The monoisotopic (exact) mass is 174 g/mol. The molecule has 0 spiro atoms. The number of rotatable bonds is 3. The Hall–Kier alpha value is 0.880. The highest BCUT2D eigenvalue weighted by molar-refractivity contribution is 8.65. The Morgan fingerprint density at radius 3 is 2.38 bits per heavy atom. The van der Waals surface area contributed by atoms with Crippen LogP contribution in [0.2, 0.25) is 0 Å². The summed E-state index contributed by atoms with van der Waals surface area (Å²) in [5.41, 5.74) is -2.02. The summed E-state index contributed by atoms with van der Waals surface area (Å²) in [6, 6.07) is 0. The zero-order valence-corrected chi connectivity index (χ0v) is 7.31. The van der Waals surface area contributed by atoms with E-state index in [1.54, 1.807) is 0 Å². The van der Waals surface area contributed by atoms with E-state index in [0.717, 1.165) is 0 Å². The smallest absolute Gasteiger partial charge is 0.283 e. The van der Waals surface area contributed by atoms with Crippen molar-refractivity contribution in [3.05, 3.63) is 0 Å². The standard InChI is InChI=1S/C2H8NO2PS2/c1-4-6(7,5-2)8-3/h3H2,1-2H3/q+1/p+1. The summed E-state index contributed by atoms with van der Waals surface area (Å²) in [6.45, 7) is 0. The van der Waals surface area contributed by atoms with Gasteiger partial charge in [-0.1, -0.05) is 4.52 Å². The van der Waals surface area contributed by atoms with Crippen molar-refractivity contribution in [1.82, 2.24) is 0 Å². The molecule has 0 aliphatic rings. The highest BCUT2D eigenvalue weighted by Crippen LogP contribution is 2.55. The molecule has 0 saturated heterocycles. The molecule has 0 unspecified atom stereocenters. The van der Waals surface area contributed by atoms with E-state index in [2.05, 4.69) is 5.14 Å². The Morgan fingerprint density at radius 1 is 1.88 bits per heavy atom. The average molecular weight is 174 g/mol. The van der Waals surface area contributed by atoms with E-state index < -0.39 is 5.69 Å². The number of quaternary nitrogens is 1. The first kappa shape index (κ1) is 8.88. The summed E-state index contributed by atoms with van der Waals surface area (Å²) in [4.78, 5) is 0. The van der Waals surface area contributed by atoms with Crippen LogP contribution in [0.5, 0.6) is 0 Å². The summed E-state index contributed by atoms with van der Waals surface area (Å²) in [6.07, 6.45) is 0. The minimum absolute atomic E-state index is 1.20. The Morgan fingerprint density at radius 2 is 2.38 bits per heavy atom. The highest BCUT2D eigenvalue weighted by Gasteiger charge is 2.31. The van der Waals surface area contributed by atoms with Gasteiger partial charge in [0.25, 0.3) is 0 Å². The third-order valence-corrected chi connectivity index (χ3v) is 5.50. The van der Waals surface area contributed by atoms with Gasteiger partial charge in [0.2, 0.25) is 18.7 Å². The topological polar surface area (TPSA) is 48.2 Å². The maximum Gasteiger partial charge on any atom is 0.519 e. The van der Waals surface area contributed by atoms with Crippen LogP contribution < -0.4 is 5.14 Å². The number of hydrogen-bond acceptors (Lipinski definition) is 4. The molecular weight excluding hydrogens is 165 g/mol. The molecule has 0 aromatic carbocycles. The molecule has 0 heterocycles. The van der Waals surface area contributed by atoms with Gasteiger partial charge < -0.3 is 0 Å². The largest absolute Gasteiger partial charge is 0.519 e. The lowest BCUT2D eigenvalue weighted by molar-refractivity contribution is -0.133. The van der Waals surface area contributed by atoms with E-state index >= 15 is 0 Å². The van der Waals surface area contributed by atoms with Crippen molar-refractivity contribution in [2.45, 2.75) is 0 Å². The van der Waals surface area contributed by atoms with E-state index in [1.807, 2.05) is 0 Å². The summed E-state index contributed by atoms with van der Waals surface area (Å²) in [7, 11) is 3.06. The first-order valence-corrected chi connectivity index (χ1v) is 6.06. The maximum atomic E-state index is 4.87. The molecule has 3 nitrogen and oxygen atoms in total. The summed E-state index contributed by atoms with van der Waals surface area (Å²) < 4.78 is 9.68. The van der Waals surface area contributed by atoms with Crippen LogP contribution >= 0.6 is 17.3 Å². The van der Waals surface area contributed by atoms with Gasteiger partial charge in [0.05, 0.1) is 0 Å². The van der Waals surface area contributed by atoms with Gasteiger partial charge in [0, 0.05) is 18.9 Å². The lowest BCUT2D eigenvalue weighted by Crippen LogP contribution is -2.35. The Kier molecular flexibility index (Phi) is 4.24. The van der Waals surface area contributed by atoms with Crippen LogP contribution in [0, 0.1) is 0 Å². The molecule has 0 fully saturated rings. The molecule has 0 aliphatic heterocycles. The van der Waals surface area contributed by atoms with Crippen LogP contribution in [0.4, 0.5) is 0 Å². The van der Waals surface area contributed by atoms with E-state index in [-0.39, 0.29) is 0 Å². The second-order valence-electron chi connectivity index (χ2n) is 0.941. The molecule has 6 heteroatoms. The maximum absolute atomic E-state index is 4.87. The molecule has 1 radical (unpaired) electrons. The molecule has 0 amide bonds. The van der Waals surface area contributed by atoms with Gasteiger partial charge >= 0.3 is 5.69 Å². The Labute approximate surface area is 58.0 Å². The molecule has 0 saturated carbocycles. The van der Waals surface area contributed by atoms with Gasteiger partial charge in [-0.2, -0.15) is 0 Å². The van der Waals surface area contributed by atoms with Gasteiger partial charge in [0.1, 0.15) is 0 Å². The van der Waals surface area contributed by atoms with Crippen molar-refractivity contribution in [3.63, 3.8) is 0 Å². The SMILES string of the molecule is COP(=S)([O+]C)S[NH3+]. The Balaban J connectivity index is 3.79. The summed E-state index contributed by atoms with van der Waals surface area (Å²) in [5, 5.41) is 3.51. The molecule has 0 rings (SSSR count). The van der Waals surface area contributed by atoms with Crippen molar-refractivity contribution in [3.8, 4) is 0 Å². The van der Waals surface area contributed by atoms with Gasteiger partial charge in [-0.25, -0.2) is 0 Å². The molecule has 0 aliphatic carbocycles. The number of hydrogen-bond donors (Lipinski definition) is 1. The molecular formula is C2H9NO2PS2+2. The van der Waals surface area contributed by atoms with Gasteiger partial charge in [-0.15, -0.1) is 0 Å². The normalized spacial score (nSPS) is 17.9.